The van der Waals surface area contributed by atoms with Crippen molar-refractivity contribution in [3.05, 3.63) is 59.7 Å². The molecule has 7 nitrogen and oxygen atoms in total. The van der Waals surface area contributed by atoms with Crippen LogP contribution in [0.25, 0.3) is 6.08 Å². The molecule has 2 aromatic rings. The maximum Gasteiger partial charge on any atom is 0.337 e. The summed E-state index contributed by atoms with van der Waals surface area (Å²) in [6.45, 7) is 0.0447. The third-order valence-corrected chi connectivity index (χ3v) is 8.02. The lowest BCUT2D eigenvalue weighted by atomic mass is 9.48. The third-order valence-electron chi connectivity index (χ3n) is 8.02. The van der Waals surface area contributed by atoms with E-state index in [2.05, 4.69) is 5.32 Å². The summed E-state index contributed by atoms with van der Waals surface area (Å²) in [5.74, 6) is 1.73. The second-order valence-corrected chi connectivity index (χ2v) is 10.5. The molecule has 0 atom stereocenters. The van der Waals surface area contributed by atoms with Gasteiger partial charge in [0.2, 0.25) is 5.91 Å². The predicted molar refractivity (Wildman–Crippen MR) is 135 cm³/mol. The van der Waals surface area contributed by atoms with E-state index in [4.69, 9.17) is 9.47 Å². The number of rotatable bonds is 9. The van der Waals surface area contributed by atoms with Crippen molar-refractivity contribution < 1.29 is 29.0 Å². The lowest BCUT2D eigenvalue weighted by Gasteiger charge is -2.55. The van der Waals surface area contributed by atoms with Crippen LogP contribution in [0.5, 0.6) is 11.5 Å². The van der Waals surface area contributed by atoms with Crippen LogP contribution < -0.4 is 14.8 Å². The fraction of sp³-hybridized carbons (Fsp3) is 0.414. The zero-order valence-corrected chi connectivity index (χ0v) is 20.4. The van der Waals surface area contributed by atoms with Crippen LogP contribution >= 0.6 is 0 Å². The van der Waals surface area contributed by atoms with Crippen LogP contribution in [0.2, 0.25) is 0 Å². The molecule has 6 rings (SSSR count). The number of amides is 1. The van der Waals surface area contributed by atoms with Gasteiger partial charge in [0.05, 0.1) is 18.4 Å². The van der Waals surface area contributed by atoms with Crippen LogP contribution in [0.1, 0.15) is 54.4 Å². The number of carbonyl (C=O) groups is 3. The molecule has 4 bridgehead atoms. The minimum atomic E-state index is -1.11. The van der Waals surface area contributed by atoms with E-state index < -0.39 is 11.9 Å². The number of para-hydroxylation sites is 1. The number of carboxylic acids is 1. The Morgan fingerprint density at radius 2 is 1.67 bits per heavy atom. The van der Waals surface area contributed by atoms with Crippen molar-refractivity contribution >= 4 is 29.4 Å². The number of benzene rings is 2. The molecule has 0 saturated heterocycles. The fourth-order valence-corrected chi connectivity index (χ4v) is 6.78. The Bertz CT molecular complexity index is 1180. The standard InChI is InChI=1S/C29H31NO6/c1-35-25-13-18(7-9-27(32)30-23-5-3-2-4-22(23)28(33)34)6-8-24(25)36-17-26(31)29-14-19-10-20(15-29)12-21(11-19)16-29/h2-9,13,19-21H,10-12,14-17H2,1H3,(H,30,32)(H,33,34). The van der Waals surface area contributed by atoms with Gasteiger partial charge < -0.3 is 19.9 Å². The highest BCUT2D eigenvalue weighted by atomic mass is 16.5. The van der Waals surface area contributed by atoms with E-state index >= 15 is 0 Å². The van der Waals surface area contributed by atoms with Gasteiger partial charge in [-0.1, -0.05) is 18.2 Å². The molecule has 0 spiro atoms. The maximum absolute atomic E-state index is 13.3. The largest absolute Gasteiger partial charge is 0.493 e. The summed E-state index contributed by atoms with van der Waals surface area (Å²) >= 11 is 0. The molecule has 0 unspecified atom stereocenters. The molecule has 0 heterocycles. The molecule has 4 aliphatic rings. The molecule has 4 fully saturated rings. The molecule has 7 heteroatoms. The summed E-state index contributed by atoms with van der Waals surface area (Å²) in [4.78, 5) is 36.9. The number of carboxylic acid groups (broad SMARTS) is 1. The van der Waals surface area contributed by atoms with Crippen molar-refractivity contribution in [3.63, 3.8) is 0 Å². The highest BCUT2D eigenvalue weighted by Crippen LogP contribution is 2.60. The number of carbonyl (C=O) groups excluding carboxylic acids is 2. The first-order chi connectivity index (χ1) is 17.3. The van der Waals surface area contributed by atoms with Crippen molar-refractivity contribution in [1.29, 1.82) is 0 Å². The van der Waals surface area contributed by atoms with Gasteiger partial charge in [0.1, 0.15) is 6.61 Å². The normalized spacial score (nSPS) is 26.1. The summed E-state index contributed by atoms with van der Waals surface area (Å²) in [6.07, 6.45) is 9.85. The molecular weight excluding hydrogens is 458 g/mol. The number of Topliss-reactive ketones (excluding diaryl/α,β-unsaturated/α-hetero) is 1. The van der Waals surface area contributed by atoms with Gasteiger partial charge in [-0.15, -0.1) is 0 Å². The van der Waals surface area contributed by atoms with Crippen molar-refractivity contribution in [3.8, 4) is 11.5 Å². The van der Waals surface area contributed by atoms with E-state index in [1.165, 1.54) is 44.6 Å². The van der Waals surface area contributed by atoms with Gasteiger partial charge in [-0.25, -0.2) is 4.79 Å². The minimum Gasteiger partial charge on any atom is -0.493 e. The Hall–Kier alpha value is -3.61. The number of aromatic carboxylic acids is 1. The highest BCUT2D eigenvalue weighted by molar-refractivity contribution is 6.06. The van der Waals surface area contributed by atoms with Gasteiger partial charge in [0.15, 0.2) is 17.3 Å². The van der Waals surface area contributed by atoms with Crippen LogP contribution in [-0.2, 0) is 9.59 Å². The van der Waals surface area contributed by atoms with Gasteiger partial charge in [0.25, 0.3) is 0 Å². The first-order valence-electron chi connectivity index (χ1n) is 12.5. The molecule has 4 aliphatic carbocycles. The van der Waals surface area contributed by atoms with Crippen molar-refractivity contribution in [2.45, 2.75) is 38.5 Å². The minimum absolute atomic E-state index is 0.0190. The second kappa shape index (κ2) is 9.80. The van der Waals surface area contributed by atoms with Gasteiger partial charge in [-0.2, -0.15) is 0 Å². The number of nitrogens with one attached hydrogen (secondary N) is 1. The number of hydrogen-bond donors (Lipinski definition) is 2. The van der Waals surface area contributed by atoms with E-state index in [0.717, 1.165) is 19.3 Å². The van der Waals surface area contributed by atoms with E-state index in [1.807, 2.05) is 0 Å². The van der Waals surface area contributed by atoms with Crippen molar-refractivity contribution in [2.75, 3.05) is 19.0 Å². The number of ketones is 1. The fourth-order valence-electron chi connectivity index (χ4n) is 6.78. The highest BCUT2D eigenvalue weighted by Gasteiger charge is 2.54. The summed E-state index contributed by atoms with van der Waals surface area (Å²) in [5.41, 5.74) is 0.751. The first kappa shape index (κ1) is 24.1. The average molecular weight is 490 g/mol. The topological polar surface area (TPSA) is 102 Å². The average Bonchev–Trinajstić information content (AvgIpc) is 2.85. The van der Waals surface area contributed by atoms with E-state index in [9.17, 15) is 19.5 Å². The Balaban J connectivity index is 1.21. The van der Waals surface area contributed by atoms with Crippen LogP contribution in [0.3, 0.4) is 0 Å². The Kier molecular flexibility index (Phi) is 6.56. The zero-order chi connectivity index (χ0) is 25.3. The number of hydrogen-bond acceptors (Lipinski definition) is 5. The molecule has 2 aromatic carbocycles. The summed E-state index contributed by atoms with van der Waals surface area (Å²) in [5, 5.41) is 11.9. The number of anilines is 1. The smallest absolute Gasteiger partial charge is 0.337 e. The summed E-state index contributed by atoms with van der Waals surface area (Å²) < 4.78 is 11.4. The number of ether oxygens (including phenoxy) is 2. The van der Waals surface area contributed by atoms with E-state index in [0.29, 0.717) is 34.8 Å². The lowest BCUT2D eigenvalue weighted by Crippen LogP contribution is -2.51. The van der Waals surface area contributed by atoms with Crippen molar-refractivity contribution in [2.24, 2.45) is 23.2 Å². The Morgan fingerprint density at radius 1 is 1.00 bits per heavy atom. The van der Waals surface area contributed by atoms with Gasteiger partial charge >= 0.3 is 5.97 Å². The van der Waals surface area contributed by atoms with E-state index in [-0.39, 0.29) is 29.1 Å². The molecule has 1 amide bonds. The Labute approximate surface area is 210 Å². The first-order valence-corrected chi connectivity index (χ1v) is 12.5. The maximum atomic E-state index is 13.3. The van der Waals surface area contributed by atoms with Crippen LogP contribution in [0, 0.1) is 23.2 Å². The SMILES string of the molecule is COc1cc(C=CC(=O)Nc2ccccc2C(=O)O)ccc1OCC(=O)C12CC3CC(CC(C3)C1)C2. The Morgan fingerprint density at radius 3 is 2.31 bits per heavy atom. The summed E-state index contributed by atoms with van der Waals surface area (Å²) in [7, 11) is 1.53. The predicted octanol–water partition coefficient (Wildman–Crippen LogP) is 5.21. The molecule has 36 heavy (non-hydrogen) atoms. The van der Waals surface area contributed by atoms with Gasteiger partial charge in [-0.3, -0.25) is 9.59 Å². The molecule has 0 aromatic heterocycles. The zero-order valence-electron chi connectivity index (χ0n) is 20.4. The second-order valence-electron chi connectivity index (χ2n) is 10.5. The molecule has 0 aliphatic heterocycles. The molecule has 4 saturated carbocycles. The molecule has 2 N–H and O–H groups in total. The number of methoxy groups -OCH3 is 1. The van der Waals surface area contributed by atoms with E-state index in [1.54, 1.807) is 36.4 Å². The quantitative estimate of drug-likeness (QED) is 0.469. The monoisotopic (exact) mass is 489 g/mol. The van der Waals surface area contributed by atoms with Crippen LogP contribution in [-0.4, -0.2) is 36.5 Å². The van der Waals surface area contributed by atoms with Crippen LogP contribution in [0.4, 0.5) is 5.69 Å². The molecule has 188 valence electrons. The third kappa shape index (κ3) is 4.87. The molecular formula is C29H31NO6. The molecule has 0 radical (unpaired) electrons. The van der Waals surface area contributed by atoms with Gasteiger partial charge in [-0.05, 0) is 92.2 Å². The van der Waals surface area contributed by atoms with Crippen LogP contribution in [0.15, 0.2) is 48.5 Å². The van der Waals surface area contributed by atoms with Gasteiger partial charge in [0, 0.05) is 11.5 Å². The lowest BCUT2D eigenvalue weighted by molar-refractivity contribution is -0.146. The summed E-state index contributed by atoms with van der Waals surface area (Å²) in [6, 6.07) is 11.5. The van der Waals surface area contributed by atoms with Crippen molar-refractivity contribution in [1.82, 2.24) is 0 Å².